The molecule has 0 aliphatic rings. The van der Waals surface area contributed by atoms with Gasteiger partial charge in [-0.05, 0) is 43.5 Å². The normalized spacial score (nSPS) is 11.3. The van der Waals surface area contributed by atoms with E-state index in [1.165, 1.54) is 0 Å². The van der Waals surface area contributed by atoms with Gasteiger partial charge in [-0.3, -0.25) is 9.89 Å². The van der Waals surface area contributed by atoms with Gasteiger partial charge in [0.05, 0.1) is 5.69 Å². The SMILES string of the molecule is Cc1[nH]n2nc(-c3ccc(NCOCOC(=O)CCC(C)C)cc3)nc2c1Cl. The van der Waals surface area contributed by atoms with Crippen molar-refractivity contribution in [2.24, 2.45) is 5.92 Å². The molecule has 1 aromatic carbocycles. The average Bonchev–Trinajstić information content (AvgIpc) is 3.20. The molecule has 0 atom stereocenters. The van der Waals surface area contributed by atoms with E-state index in [1.807, 2.05) is 31.2 Å². The topological polar surface area (TPSA) is 93.5 Å². The molecule has 8 nitrogen and oxygen atoms in total. The summed E-state index contributed by atoms with van der Waals surface area (Å²) < 4.78 is 11.9. The molecule has 0 radical (unpaired) electrons. The summed E-state index contributed by atoms with van der Waals surface area (Å²) in [6.07, 6.45) is 1.23. The number of rotatable bonds is 9. The lowest BCUT2D eigenvalue weighted by Crippen LogP contribution is -2.13. The van der Waals surface area contributed by atoms with Crippen molar-refractivity contribution in [3.05, 3.63) is 35.0 Å². The number of halogens is 1. The zero-order valence-corrected chi connectivity index (χ0v) is 16.9. The molecule has 0 unspecified atom stereocenters. The molecule has 0 fully saturated rings. The Bertz CT molecular complexity index is 933. The minimum Gasteiger partial charge on any atom is -0.438 e. The fourth-order valence-electron chi connectivity index (χ4n) is 2.53. The molecule has 0 spiro atoms. The van der Waals surface area contributed by atoms with Crippen molar-refractivity contribution < 1.29 is 14.3 Å². The number of anilines is 1. The molecule has 3 rings (SSSR count). The third kappa shape index (κ3) is 5.02. The Morgan fingerprint density at radius 3 is 2.75 bits per heavy atom. The molecule has 2 aromatic heterocycles. The Morgan fingerprint density at radius 2 is 2.07 bits per heavy atom. The molecular formula is C19H24ClN5O3. The predicted octanol–water partition coefficient (Wildman–Crippen LogP) is 4.01. The first-order valence-electron chi connectivity index (χ1n) is 9.12. The number of esters is 1. The maximum absolute atomic E-state index is 11.5. The van der Waals surface area contributed by atoms with Crippen LogP contribution in [0.15, 0.2) is 24.3 Å². The van der Waals surface area contributed by atoms with Gasteiger partial charge in [-0.25, -0.2) is 4.98 Å². The van der Waals surface area contributed by atoms with E-state index in [2.05, 4.69) is 34.3 Å². The molecule has 2 N–H and O–H groups in total. The Labute approximate surface area is 168 Å². The molecule has 28 heavy (non-hydrogen) atoms. The molecular weight excluding hydrogens is 382 g/mol. The number of fused-ring (bicyclic) bond motifs is 1. The Balaban J connectivity index is 1.45. The van der Waals surface area contributed by atoms with E-state index in [-0.39, 0.29) is 19.5 Å². The molecule has 0 aliphatic carbocycles. The summed E-state index contributed by atoms with van der Waals surface area (Å²) in [6.45, 7) is 6.18. The molecule has 3 aromatic rings. The first kappa shape index (κ1) is 20.2. The quantitative estimate of drug-likeness (QED) is 0.317. The van der Waals surface area contributed by atoms with Gasteiger partial charge >= 0.3 is 5.97 Å². The number of H-pyrrole nitrogens is 1. The number of aromatic nitrogens is 4. The Morgan fingerprint density at radius 1 is 1.32 bits per heavy atom. The second-order valence-electron chi connectivity index (χ2n) is 6.89. The lowest BCUT2D eigenvalue weighted by Gasteiger charge is -2.09. The molecule has 0 aliphatic heterocycles. The first-order chi connectivity index (χ1) is 13.4. The summed E-state index contributed by atoms with van der Waals surface area (Å²) in [4.78, 5) is 15.9. The summed E-state index contributed by atoms with van der Waals surface area (Å²) in [6, 6.07) is 7.61. The summed E-state index contributed by atoms with van der Waals surface area (Å²) in [7, 11) is 0. The minimum atomic E-state index is -0.239. The van der Waals surface area contributed by atoms with Gasteiger partial charge in [0, 0.05) is 17.7 Å². The van der Waals surface area contributed by atoms with Crippen LogP contribution in [-0.2, 0) is 14.3 Å². The first-order valence-corrected chi connectivity index (χ1v) is 9.50. The average molecular weight is 406 g/mol. The van der Waals surface area contributed by atoms with Crippen LogP contribution in [0, 0.1) is 12.8 Å². The number of aromatic amines is 1. The second kappa shape index (κ2) is 9.07. The van der Waals surface area contributed by atoms with Crippen LogP contribution in [-0.4, -0.2) is 39.3 Å². The zero-order valence-electron chi connectivity index (χ0n) is 16.2. The molecule has 0 bridgehead atoms. The summed E-state index contributed by atoms with van der Waals surface area (Å²) in [5.41, 5.74) is 3.17. The lowest BCUT2D eigenvalue weighted by molar-refractivity contribution is -0.155. The van der Waals surface area contributed by atoms with Gasteiger partial charge < -0.3 is 14.8 Å². The van der Waals surface area contributed by atoms with Crippen LogP contribution < -0.4 is 5.32 Å². The number of nitrogens with zero attached hydrogens (tertiary/aromatic N) is 3. The van der Waals surface area contributed by atoms with Gasteiger partial charge in [-0.1, -0.05) is 25.4 Å². The van der Waals surface area contributed by atoms with Crippen molar-refractivity contribution in [2.45, 2.75) is 33.6 Å². The second-order valence-corrected chi connectivity index (χ2v) is 7.27. The largest absolute Gasteiger partial charge is 0.438 e. The Kier molecular flexibility index (Phi) is 6.53. The van der Waals surface area contributed by atoms with E-state index < -0.39 is 0 Å². The highest BCUT2D eigenvalue weighted by molar-refractivity contribution is 6.34. The molecule has 0 saturated heterocycles. The van der Waals surface area contributed by atoms with Gasteiger partial charge in [0.1, 0.15) is 11.8 Å². The van der Waals surface area contributed by atoms with Crippen molar-refractivity contribution in [3.63, 3.8) is 0 Å². The number of ether oxygens (including phenoxy) is 2. The maximum atomic E-state index is 11.5. The molecule has 0 saturated carbocycles. The molecule has 0 amide bonds. The molecule has 150 valence electrons. The number of benzene rings is 1. The fraction of sp³-hybridized carbons (Fsp3) is 0.421. The molecule has 9 heteroatoms. The van der Waals surface area contributed by atoms with E-state index >= 15 is 0 Å². The van der Waals surface area contributed by atoms with Crippen LogP contribution in [0.4, 0.5) is 5.69 Å². The number of hydrogen-bond acceptors (Lipinski definition) is 6. The monoisotopic (exact) mass is 405 g/mol. The lowest BCUT2D eigenvalue weighted by atomic mass is 10.1. The maximum Gasteiger partial charge on any atom is 0.307 e. The van der Waals surface area contributed by atoms with Gasteiger partial charge in [0.25, 0.3) is 0 Å². The van der Waals surface area contributed by atoms with Gasteiger partial charge in [0.15, 0.2) is 18.3 Å². The van der Waals surface area contributed by atoms with Gasteiger partial charge in [0.2, 0.25) is 0 Å². The third-order valence-corrected chi connectivity index (χ3v) is 4.61. The van der Waals surface area contributed by atoms with E-state index in [9.17, 15) is 4.79 Å². The van der Waals surface area contributed by atoms with Crippen LogP contribution in [0.25, 0.3) is 17.0 Å². The minimum absolute atomic E-state index is 0.0627. The number of hydrogen-bond donors (Lipinski definition) is 2. The third-order valence-electron chi connectivity index (χ3n) is 4.16. The predicted molar refractivity (Wildman–Crippen MR) is 107 cm³/mol. The van der Waals surface area contributed by atoms with Crippen LogP contribution in [0.5, 0.6) is 0 Å². The number of carbonyl (C=O) groups excluding carboxylic acids is 1. The summed E-state index contributed by atoms with van der Waals surface area (Å²) >= 11 is 6.19. The standard InChI is InChI=1S/C19H24ClN5O3/c1-12(2)4-9-16(26)28-11-27-10-21-15-7-5-14(6-8-15)18-22-19-17(20)13(3)23-25(19)24-18/h5-8,12,21,23H,4,9-11H2,1-3H3. The van der Waals surface area contributed by atoms with Gasteiger partial charge in [-0.2, -0.15) is 4.63 Å². The van der Waals surface area contributed by atoms with Crippen molar-refractivity contribution in [2.75, 3.05) is 18.8 Å². The van der Waals surface area contributed by atoms with E-state index in [0.29, 0.717) is 28.8 Å². The van der Waals surface area contributed by atoms with E-state index in [1.54, 1.807) is 4.63 Å². The van der Waals surface area contributed by atoms with Crippen LogP contribution in [0.3, 0.4) is 0 Å². The van der Waals surface area contributed by atoms with Crippen molar-refractivity contribution >= 4 is 28.9 Å². The van der Waals surface area contributed by atoms with Crippen molar-refractivity contribution in [1.29, 1.82) is 0 Å². The van der Waals surface area contributed by atoms with Gasteiger partial charge in [-0.15, -0.1) is 5.10 Å². The molecule has 2 heterocycles. The highest BCUT2D eigenvalue weighted by Gasteiger charge is 2.13. The summed E-state index contributed by atoms with van der Waals surface area (Å²) in [5.74, 6) is 0.826. The zero-order chi connectivity index (χ0) is 20.1. The van der Waals surface area contributed by atoms with Crippen LogP contribution >= 0.6 is 11.6 Å². The van der Waals surface area contributed by atoms with Crippen molar-refractivity contribution in [3.8, 4) is 11.4 Å². The van der Waals surface area contributed by atoms with Crippen LogP contribution in [0.1, 0.15) is 32.4 Å². The van der Waals surface area contributed by atoms with E-state index in [0.717, 1.165) is 23.4 Å². The highest BCUT2D eigenvalue weighted by atomic mass is 35.5. The fourth-order valence-corrected chi connectivity index (χ4v) is 2.69. The smallest absolute Gasteiger partial charge is 0.307 e. The Hall–Kier alpha value is -2.58. The number of nitrogens with one attached hydrogen (secondary N) is 2. The summed E-state index contributed by atoms with van der Waals surface area (Å²) in [5, 5.41) is 11.1. The number of carbonyl (C=O) groups is 1. The van der Waals surface area contributed by atoms with Crippen molar-refractivity contribution in [1.82, 2.24) is 19.8 Å². The van der Waals surface area contributed by atoms with E-state index in [4.69, 9.17) is 21.1 Å². The highest BCUT2D eigenvalue weighted by Crippen LogP contribution is 2.24. The number of aryl methyl sites for hydroxylation is 1. The van der Waals surface area contributed by atoms with Crippen LogP contribution in [0.2, 0.25) is 5.02 Å².